The normalized spacial score (nSPS) is 22.9. The van der Waals surface area contributed by atoms with Crippen molar-refractivity contribution >= 4 is 15.9 Å². The summed E-state index contributed by atoms with van der Waals surface area (Å²) in [5.41, 5.74) is 0.488. The number of hydrogen-bond donors (Lipinski definition) is 0. The van der Waals surface area contributed by atoms with Crippen LogP contribution in [-0.2, 0) is 10.0 Å². The van der Waals surface area contributed by atoms with Crippen LogP contribution in [0.15, 0.2) is 29.2 Å². The van der Waals surface area contributed by atoms with E-state index < -0.39 is 10.0 Å². The summed E-state index contributed by atoms with van der Waals surface area (Å²) in [6, 6.07) is 6.69. The first kappa shape index (κ1) is 23.7. The van der Waals surface area contributed by atoms with E-state index in [1.165, 1.54) is 32.1 Å². The highest BCUT2D eigenvalue weighted by Crippen LogP contribution is 2.25. The number of hydrogen-bond acceptors (Lipinski definition) is 4. The van der Waals surface area contributed by atoms with Gasteiger partial charge in [0, 0.05) is 44.8 Å². The van der Waals surface area contributed by atoms with Crippen molar-refractivity contribution in [1.82, 2.24) is 14.1 Å². The van der Waals surface area contributed by atoms with Crippen LogP contribution in [0.4, 0.5) is 0 Å². The lowest BCUT2D eigenvalue weighted by Gasteiger charge is -2.28. The van der Waals surface area contributed by atoms with E-state index in [1.54, 1.807) is 28.6 Å². The summed E-state index contributed by atoms with van der Waals surface area (Å²) in [6.07, 6.45) is 11.7. The first-order valence-electron chi connectivity index (χ1n) is 12.7. The summed E-state index contributed by atoms with van der Waals surface area (Å²) in [6.45, 7) is 5.72. The second-order valence-corrected chi connectivity index (χ2v) is 11.7. The van der Waals surface area contributed by atoms with Crippen LogP contribution >= 0.6 is 0 Å². The van der Waals surface area contributed by atoms with Gasteiger partial charge in [0.1, 0.15) is 0 Å². The molecule has 6 nitrogen and oxygen atoms in total. The van der Waals surface area contributed by atoms with Crippen LogP contribution in [0.1, 0.15) is 74.6 Å². The van der Waals surface area contributed by atoms with Gasteiger partial charge < -0.3 is 9.80 Å². The lowest BCUT2D eigenvalue weighted by atomic mass is 9.89. The summed E-state index contributed by atoms with van der Waals surface area (Å²) in [5.74, 6) is 0.768. The molecule has 0 aromatic heterocycles. The summed E-state index contributed by atoms with van der Waals surface area (Å²) < 4.78 is 27.9. The monoisotopic (exact) mass is 461 g/mol. The molecule has 1 aliphatic carbocycles. The largest absolute Gasteiger partial charge is 0.337 e. The molecule has 0 N–H and O–H groups in total. The van der Waals surface area contributed by atoms with E-state index in [9.17, 15) is 13.2 Å². The van der Waals surface area contributed by atoms with Gasteiger partial charge in [-0.2, -0.15) is 4.31 Å². The molecule has 1 amide bonds. The maximum atomic E-state index is 13.3. The molecule has 3 aliphatic rings. The quantitative estimate of drug-likeness (QED) is 0.665. The van der Waals surface area contributed by atoms with Gasteiger partial charge in [0.2, 0.25) is 10.0 Å². The van der Waals surface area contributed by atoms with Gasteiger partial charge in [-0.25, -0.2) is 8.42 Å². The molecule has 2 saturated heterocycles. The molecule has 0 unspecified atom stereocenters. The molecule has 4 rings (SSSR count). The summed E-state index contributed by atoms with van der Waals surface area (Å²) >= 11 is 0. The molecule has 3 fully saturated rings. The SMILES string of the molecule is O=C(c1cccc(S(=O)(=O)N2CCCCCC2)c1)N1CCCN(CC2CCCCC2)CC1. The van der Waals surface area contributed by atoms with Crippen molar-refractivity contribution in [3.63, 3.8) is 0 Å². The lowest BCUT2D eigenvalue weighted by Crippen LogP contribution is -2.37. The second-order valence-electron chi connectivity index (χ2n) is 9.80. The number of amides is 1. The van der Waals surface area contributed by atoms with Crippen LogP contribution in [0.3, 0.4) is 0 Å². The van der Waals surface area contributed by atoms with Crippen molar-refractivity contribution in [2.24, 2.45) is 5.92 Å². The van der Waals surface area contributed by atoms with Crippen molar-refractivity contribution in [3.8, 4) is 0 Å². The van der Waals surface area contributed by atoms with Crippen LogP contribution in [0.25, 0.3) is 0 Å². The van der Waals surface area contributed by atoms with Gasteiger partial charge in [0.05, 0.1) is 4.90 Å². The summed E-state index contributed by atoms with van der Waals surface area (Å²) in [4.78, 5) is 18.0. The molecule has 2 aliphatic heterocycles. The van der Waals surface area contributed by atoms with E-state index in [2.05, 4.69) is 4.90 Å². The third-order valence-electron chi connectivity index (χ3n) is 7.40. The zero-order chi connectivity index (χ0) is 22.4. The molecule has 1 aromatic rings. The fourth-order valence-corrected chi connectivity index (χ4v) is 7.06. The van der Waals surface area contributed by atoms with Crippen LogP contribution in [0.5, 0.6) is 0 Å². The zero-order valence-electron chi connectivity index (χ0n) is 19.4. The van der Waals surface area contributed by atoms with Crippen molar-refractivity contribution < 1.29 is 13.2 Å². The maximum absolute atomic E-state index is 13.3. The van der Waals surface area contributed by atoms with Gasteiger partial charge in [0.15, 0.2) is 0 Å². The van der Waals surface area contributed by atoms with Gasteiger partial charge in [-0.1, -0.05) is 38.2 Å². The van der Waals surface area contributed by atoms with Crippen LogP contribution in [0.2, 0.25) is 0 Å². The fourth-order valence-electron chi connectivity index (χ4n) is 5.49. The van der Waals surface area contributed by atoms with Gasteiger partial charge in [-0.3, -0.25) is 4.79 Å². The van der Waals surface area contributed by atoms with Crippen LogP contribution in [-0.4, -0.2) is 74.2 Å². The molecule has 0 atom stereocenters. The molecule has 0 spiro atoms. The van der Waals surface area contributed by atoms with Crippen molar-refractivity contribution in [2.75, 3.05) is 45.8 Å². The molecular weight excluding hydrogens is 422 g/mol. The first-order chi connectivity index (χ1) is 15.5. The number of benzene rings is 1. The second kappa shape index (κ2) is 11.1. The molecule has 2 heterocycles. The maximum Gasteiger partial charge on any atom is 0.253 e. The molecular formula is C25H39N3O3S. The Kier molecular flexibility index (Phi) is 8.24. The Morgan fingerprint density at radius 3 is 2.28 bits per heavy atom. The smallest absolute Gasteiger partial charge is 0.253 e. The van der Waals surface area contributed by atoms with E-state index in [0.29, 0.717) is 25.2 Å². The number of carbonyl (C=O) groups excluding carboxylic acids is 1. The highest BCUT2D eigenvalue weighted by atomic mass is 32.2. The Hall–Kier alpha value is -1.44. The minimum Gasteiger partial charge on any atom is -0.337 e. The van der Waals surface area contributed by atoms with E-state index in [1.807, 2.05) is 4.90 Å². The zero-order valence-corrected chi connectivity index (χ0v) is 20.2. The van der Waals surface area contributed by atoms with Crippen LogP contribution < -0.4 is 0 Å². The molecule has 178 valence electrons. The third kappa shape index (κ3) is 5.91. The molecule has 0 bridgehead atoms. The number of sulfonamides is 1. The number of rotatable bonds is 5. The predicted molar refractivity (Wildman–Crippen MR) is 127 cm³/mol. The Balaban J connectivity index is 1.40. The van der Waals surface area contributed by atoms with Crippen molar-refractivity contribution in [1.29, 1.82) is 0 Å². The van der Waals surface area contributed by atoms with Gasteiger partial charge in [-0.05, 0) is 62.8 Å². The average Bonchev–Trinajstić information content (AvgIpc) is 3.23. The third-order valence-corrected chi connectivity index (χ3v) is 9.30. The lowest BCUT2D eigenvalue weighted by molar-refractivity contribution is 0.0759. The Bertz CT molecular complexity index is 859. The minimum atomic E-state index is -3.55. The first-order valence-corrected chi connectivity index (χ1v) is 14.1. The van der Waals surface area contributed by atoms with Crippen molar-refractivity contribution in [3.05, 3.63) is 29.8 Å². The molecule has 7 heteroatoms. The summed E-state index contributed by atoms with van der Waals surface area (Å²) in [7, 11) is -3.55. The average molecular weight is 462 g/mol. The Morgan fingerprint density at radius 2 is 1.53 bits per heavy atom. The van der Waals surface area contributed by atoms with Crippen molar-refractivity contribution in [2.45, 2.75) is 69.1 Å². The van der Waals surface area contributed by atoms with E-state index in [0.717, 1.165) is 64.2 Å². The van der Waals surface area contributed by atoms with E-state index >= 15 is 0 Å². The molecule has 32 heavy (non-hydrogen) atoms. The highest BCUT2D eigenvalue weighted by Gasteiger charge is 2.27. The number of nitrogens with zero attached hydrogens (tertiary/aromatic N) is 3. The molecule has 1 aromatic carbocycles. The van der Waals surface area contributed by atoms with Gasteiger partial charge in [-0.15, -0.1) is 0 Å². The Labute approximate surface area is 194 Å². The van der Waals surface area contributed by atoms with E-state index in [4.69, 9.17) is 0 Å². The fraction of sp³-hybridized carbons (Fsp3) is 0.720. The Morgan fingerprint density at radius 1 is 0.812 bits per heavy atom. The highest BCUT2D eigenvalue weighted by molar-refractivity contribution is 7.89. The van der Waals surface area contributed by atoms with Gasteiger partial charge in [0.25, 0.3) is 5.91 Å². The minimum absolute atomic E-state index is 0.0440. The van der Waals surface area contributed by atoms with Crippen LogP contribution in [0, 0.1) is 5.92 Å². The molecule has 1 saturated carbocycles. The van der Waals surface area contributed by atoms with Gasteiger partial charge >= 0.3 is 0 Å². The predicted octanol–water partition coefficient (Wildman–Crippen LogP) is 3.98. The van der Waals surface area contributed by atoms with E-state index in [-0.39, 0.29) is 10.8 Å². The number of carbonyl (C=O) groups is 1. The standard InChI is InChI=1S/C25H39N3O3S/c29-25(27-15-9-14-26(18-19-27)21-22-10-4-3-5-11-22)23-12-8-13-24(20-23)32(30,31)28-16-6-1-2-7-17-28/h8,12-13,20,22H,1-7,9-11,14-19,21H2. The topological polar surface area (TPSA) is 60.9 Å². The summed E-state index contributed by atoms with van der Waals surface area (Å²) in [5, 5.41) is 0. The molecule has 0 radical (unpaired) electrons.